The molecule has 1 aromatic heterocycles. The lowest BCUT2D eigenvalue weighted by atomic mass is 10.1. The van der Waals surface area contributed by atoms with Crippen LogP contribution in [0.15, 0.2) is 60.3 Å². The van der Waals surface area contributed by atoms with E-state index in [0.717, 1.165) is 40.2 Å². The second kappa shape index (κ2) is 8.26. The minimum absolute atomic E-state index is 0.255. The van der Waals surface area contributed by atoms with Crippen LogP contribution in [0, 0.1) is 20.8 Å². The van der Waals surface area contributed by atoms with E-state index in [9.17, 15) is 9.59 Å². The smallest absolute Gasteiger partial charge is 0.318 e. The van der Waals surface area contributed by atoms with Gasteiger partial charge in [0, 0.05) is 17.1 Å². The van der Waals surface area contributed by atoms with Crippen LogP contribution in [0.4, 0.5) is 4.79 Å². The summed E-state index contributed by atoms with van der Waals surface area (Å²) < 4.78 is 2.20. The van der Waals surface area contributed by atoms with Crippen LogP contribution in [-0.4, -0.2) is 21.4 Å². The normalized spacial score (nSPS) is 15.1. The molecule has 0 unspecified atom stereocenters. The molecule has 0 atom stereocenters. The van der Waals surface area contributed by atoms with E-state index in [4.69, 9.17) is 0 Å². The van der Waals surface area contributed by atoms with E-state index in [0.29, 0.717) is 5.70 Å². The molecule has 0 saturated carbocycles. The van der Waals surface area contributed by atoms with Gasteiger partial charge in [-0.1, -0.05) is 55.0 Å². The van der Waals surface area contributed by atoms with Crippen molar-refractivity contribution in [2.24, 2.45) is 0 Å². The van der Waals surface area contributed by atoms with Crippen molar-refractivity contribution in [3.63, 3.8) is 0 Å². The van der Waals surface area contributed by atoms with Gasteiger partial charge in [0.1, 0.15) is 5.70 Å². The van der Waals surface area contributed by atoms with Crippen LogP contribution in [0.5, 0.6) is 0 Å². The van der Waals surface area contributed by atoms with Crippen LogP contribution in [0.25, 0.3) is 11.8 Å². The Morgan fingerprint density at radius 2 is 1.68 bits per heavy atom. The number of amides is 3. The molecule has 1 aliphatic heterocycles. The molecule has 3 amide bonds. The summed E-state index contributed by atoms with van der Waals surface area (Å²) in [6, 6.07) is 17.8. The van der Waals surface area contributed by atoms with Crippen LogP contribution in [0.3, 0.4) is 0 Å². The van der Waals surface area contributed by atoms with E-state index in [1.165, 1.54) is 10.5 Å². The van der Waals surface area contributed by atoms with Gasteiger partial charge >= 0.3 is 6.03 Å². The fraction of sp³-hybridized carbons (Fsp3) is 0.231. The predicted molar refractivity (Wildman–Crippen MR) is 123 cm³/mol. The van der Waals surface area contributed by atoms with Crippen molar-refractivity contribution >= 4 is 18.0 Å². The van der Waals surface area contributed by atoms with Crippen molar-refractivity contribution in [1.82, 2.24) is 14.8 Å². The van der Waals surface area contributed by atoms with E-state index in [1.54, 1.807) is 6.08 Å². The van der Waals surface area contributed by atoms with Gasteiger partial charge in [-0.15, -0.1) is 0 Å². The van der Waals surface area contributed by atoms with Crippen molar-refractivity contribution < 1.29 is 9.59 Å². The first-order chi connectivity index (χ1) is 14.9. The highest BCUT2D eigenvalue weighted by atomic mass is 16.2. The van der Waals surface area contributed by atoms with Crippen LogP contribution < -0.4 is 5.32 Å². The number of urea groups is 1. The second-order valence-electron chi connectivity index (χ2n) is 8.01. The van der Waals surface area contributed by atoms with E-state index in [1.807, 2.05) is 44.2 Å². The molecular formula is C26H27N3O2. The molecule has 1 saturated heterocycles. The van der Waals surface area contributed by atoms with Crippen molar-refractivity contribution in [3.8, 4) is 5.69 Å². The number of rotatable bonds is 5. The van der Waals surface area contributed by atoms with E-state index >= 15 is 0 Å². The molecule has 1 aliphatic rings. The summed E-state index contributed by atoms with van der Waals surface area (Å²) in [6.07, 6.45) is 2.72. The van der Waals surface area contributed by atoms with Gasteiger partial charge in [-0.25, -0.2) is 4.79 Å². The maximum absolute atomic E-state index is 12.9. The quantitative estimate of drug-likeness (QED) is 0.470. The van der Waals surface area contributed by atoms with Gasteiger partial charge in [0.2, 0.25) is 0 Å². The highest BCUT2D eigenvalue weighted by molar-refractivity contribution is 6.14. The lowest BCUT2D eigenvalue weighted by molar-refractivity contribution is -0.123. The Morgan fingerprint density at radius 1 is 0.968 bits per heavy atom. The third-order valence-electron chi connectivity index (χ3n) is 5.81. The third kappa shape index (κ3) is 3.91. The summed E-state index contributed by atoms with van der Waals surface area (Å²) in [5, 5.41) is 2.74. The minimum atomic E-state index is -0.387. The lowest BCUT2D eigenvalue weighted by Gasteiger charge is -2.14. The number of para-hydroxylation sites is 1. The summed E-state index contributed by atoms with van der Waals surface area (Å²) >= 11 is 0. The topological polar surface area (TPSA) is 54.3 Å². The monoisotopic (exact) mass is 413 g/mol. The summed E-state index contributed by atoms with van der Waals surface area (Å²) in [7, 11) is 0. The van der Waals surface area contributed by atoms with Gasteiger partial charge in [-0.2, -0.15) is 0 Å². The highest BCUT2D eigenvalue weighted by Crippen LogP contribution is 2.26. The molecule has 2 aromatic carbocycles. The number of imide groups is 1. The zero-order valence-corrected chi connectivity index (χ0v) is 18.4. The molecule has 158 valence electrons. The third-order valence-corrected chi connectivity index (χ3v) is 5.81. The fourth-order valence-corrected chi connectivity index (χ4v) is 4.08. The van der Waals surface area contributed by atoms with Gasteiger partial charge in [-0.3, -0.25) is 9.69 Å². The Hall–Kier alpha value is -3.60. The first-order valence-electron chi connectivity index (χ1n) is 10.6. The number of hydrogen-bond donors (Lipinski definition) is 1. The van der Waals surface area contributed by atoms with E-state index in [2.05, 4.69) is 48.0 Å². The Labute approximate surface area is 183 Å². The Kier molecular flexibility index (Phi) is 5.51. The first kappa shape index (κ1) is 20.7. The Balaban J connectivity index is 1.64. The molecule has 0 radical (unpaired) electrons. The molecule has 0 aliphatic carbocycles. The average molecular weight is 414 g/mol. The zero-order chi connectivity index (χ0) is 22.1. The molecule has 0 spiro atoms. The summed E-state index contributed by atoms with van der Waals surface area (Å²) in [5.41, 5.74) is 7.81. The number of hydrogen-bond acceptors (Lipinski definition) is 2. The van der Waals surface area contributed by atoms with Crippen molar-refractivity contribution in [1.29, 1.82) is 0 Å². The minimum Gasteiger partial charge on any atom is -0.318 e. The molecular weight excluding hydrogens is 386 g/mol. The lowest BCUT2D eigenvalue weighted by Crippen LogP contribution is -2.30. The van der Waals surface area contributed by atoms with Crippen LogP contribution in [0.1, 0.15) is 40.6 Å². The molecule has 4 rings (SSSR count). The molecule has 0 bridgehead atoms. The molecule has 5 heteroatoms. The summed E-state index contributed by atoms with van der Waals surface area (Å²) in [4.78, 5) is 26.7. The summed E-state index contributed by atoms with van der Waals surface area (Å²) in [5.74, 6) is -0.302. The second-order valence-corrected chi connectivity index (χ2v) is 8.01. The first-order valence-corrected chi connectivity index (χ1v) is 10.6. The van der Waals surface area contributed by atoms with E-state index < -0.39 is 0 Å². The number of nitrogens with one attached hydrogen (secondary N) is 1. The Bertz CT molecular complexity index is 1190. The average Bonchev–Trinajstić information content (AvgIpc) is 3.18. The number of aromatic nitrogens is 1. The van der Waals surface area contributed by atoms with Gasteiger partial charge in [0.15, 0.2) is 0 Å². The van der Waals surface area contributed by atoms with Crippen molar-refractivity contribution in [2.45, 2.75) is 40.7 Å². The Morgan fingerprint density at radius 3 is 2.39 bits per heavy atom. The van der Waals surface area contributed by atoms with Gasteiger partial charge < -0.3 is 9.88 Å². The van der Waals surface area contributed by atoms with Crippen LogP contribution in [0.2, 0.25) is 0 Å². The molecule has 5 nitrogen and oxygen atoms in total. The molecule has 2 heterocycles. The fourth-order valence-electron chi connectivity index (χ4n) is 4.08. The van der Waals surface area contributed by atoms with Gasteiger partial charge in [0.05, 0.1) is 6.54 Å². The maximum Gasteiger partial charge on any atom is 0.329 e. The summed E-state index contributed by atoms with van der Waals surface area (Å²) in [6.45, 7) is 8.50. The molecule has 3 aromatic rings. The molecule has 1 fully saturated rings. The van der Waals surface area contributed by atoms with Crippen LogP contribution >= 0.6 is 0 Å². The highest BCUT2D eigenvalue weighted by Gasteiger charge is 2.33. The number of carbonyl (C=O) groups excluding carboxylic acids is 2. The SMILES string of the molecule is CCc1ccccc1-n1c(C)cc(/C=C2\NC(=O)N(Cc3ccc(C)cc3)C2=O)c1C. The van der Waals surface area contributed by atoms with Gasteiger partial charge in [0.25, 0.3) is 5.91 Å². The number of carbonyl (C=O) groups is 2. The number of aryl methyl sites for hydroxylation is 3. The van der Waals surface area contributed by atoms with Gasteiger partial charge in [-0.05, 0) is 62.1 Å². The van der Waals surface area contributed by atoms with Crippen LogP contribution in [-0.2, 0) is 17.8 Å². The number of nitrogens with zero attached hydrogens (tertiary/aromatic N) is 2. The predicted octanol–water partition coefficient (Wildman–Crippen LogP) is 5.06. The molecule has 1 N–H and O–H groups in total. The number of benzene rings is 2. The zero-order valence-electron chi connectivity index (χ0n) is 18.4. The maximum atomic E-state index is 12.9. The standard InChI is InChI=1S/C26H27N3O2/c1-5-21-8-6-7-9-24(21)29-18(3)14-22(19(29)4)15-23-25(30)28(26(31)27-23)16-20-12-10-17(2)11-13-20/h6-15H,5,16H2,1-4H3,(H,27,31)/b23-15-. The van der Waals surface area contributed by atoms with E-state index in [-0.39, 0.29) is 18.5 Å². The van der Waals surface area contributed by atoms with Crippen molar-refractivity contribution in [2.75, 3.05) is 0 Å². The van der Waals surface area contributed by atoms with Crippen molar-refractivity contribution in [3.05, 3.63) is 93.9 Å². The largest absolute Gasteiger partial charge is 0.329 e. The molecule has 31 heavy (non-hydrogen) atoms.